The highest BCUT2D eigenvalue weighted by atomic mass is 35.5. The van der Waals surface area contributed by atoms with Crippen LogP contribution in [0.1, 0.15) is 25.3 Å². The lowest BCUT2D eigenvalue weighted by molar-refractivity contribution is 0.0343. The van der Waals surface area contributed by atoms with Gasteiger partial charge in [-0.25, -0.2) is 0 Å². The molecule has 1 aromatic rings. The Morgan fingerprint density at radius 2 is 2.13 bits per heavy atom. The summed E-state index contributed by atoms with van der Waals surface area (Å²) >= 11 is 6.02. The van der Waals surface area contributed by atoms with Crippen molar-refractivity contribution in [1.82, 2.24) is 0 Å². The molecule has 0 fully saturated rings. The maximum absolute atomic E-state index is 6.02. The van der Waals surface area contributed by atoms with Gasteiger partial charge >= 0.3 is 0 Å². The van der Waals surface area contributed by atoms with Gasteiger partial charge in [0.15, 0.2) is 0 Å². The summed E-state index contributed by atoms with van der Waals surface area (Å²) in [5, 5.41) is 0.764. The van der Waals surface area contributed by atoms with Crippen molar-refractivity contribution in [3.8, 4) is 0 Å². The van der Waals surface area contributed by atoms with Crippen molar-refractivity contribution in [3.05, 3.63) is 34.9 Å². The van der Waals surface area contributed by atoms with Crippen LogP contribution in [-0.4, -0.2) is 12.6 Å². The van der Waals surface area contributed by atoms with Crippen LogP contribution in [0.15, 0.2) is 24.3 Å². The van der Waals surface area contributed by atoms with Gasteiger partial charge in [0.2, 0.25) is 0 Å². The number of ether oxygens (including phenoxy) is 1. The van der Waals surface area contributed by atoms with Crippen molar-refractivity contribution >= 4 is 11.6 Å². The van der Waals surface area contributed by atoms with Gasteiger partial charge in [0.1, 0.15) is 0 Å². The van der Waals surface area contributed by atoms with Crippen molar-refractivity contribution in [1.29, 1.82) is 0 Å². The fraction of sp³-hybridized carbons (Fsp3) is 0.500. The SMILES string of the molecule is CCC(CCN)OCc1ccccc1Cl. The lowest BCUT2D eigenvalue weighted by atomic mass is 10.2. The van der Waals surface area contributed by atoms with Crippen LogP contribution in [0, 0.1) is 0 Å². The maximum atomic E-state index is 6.02. The number of rotatable bonds is 6. The lowest BCUT2D eigenvalue weighted by Crippen LogP contribution is -2.16. The zero-order chi connectivity index (χ0) is 11.1. The fourth-order valence-corrected chi connectivity index (χ4v) is 1.60. The fourth-order valence-electron chi connectivity index (χ4n) is 1.41. The first-order valence-electron chi connectivity index (χ1n) is 5.33. The first-order valence-corrected chi connectivity index (χ1v) is 5.70. The van der Waals surface area contributed by atoms with Gasteiger partial charge in [-0.1, -0.05) is 36.7 Å². The minimum atomic E-state index is 0.242. The summed E-state index contributed by atoms with van der Waals surface area (Å²) in [7, 11) is 0. The summed E-state index contributed by atoms with van der Waals surface area (Å²) in [5.74, 6) is 0. The molecule has 0 amide bonds. The summed E-state index contributed by atoms with van der Waals surface area (Å²) in [6.45, 7) is 3.34. The number of hydrogen-bond acceptors (Lipinski definition) is 2. The van der Waals surface area contributed by atoms with Gasteiger partial charge in [-0.3, -0.25) is 0 Å². The van der Waals surface area contributed by atoms with E-state index < -0.39 is 0 Å². The quantitative estimate of drug-likeness (QED) is 0.811. The van der Waals surface area contributed by atoms with Gasteiger partial charge < -0.3 is 10.5 Å². The zero-order valence-electron chi connectivity index (χ0n) is 9.08. The minimum Gasteiger partial charge on any atom is -0.373 e. The van der Waals surface area contributed by atoms with E-state index >= 15 is 0 Å². The van der Waals surface area contributed by atoms with Crippen molar-refractivity contribution in [2.45, 2.75) is 32.5 Å². The summed E-state index contributed by atoms with van der Waals surface area (Å²) in [6.07, 6.45) is 2.13. The Hall–Kier alpha value is -0.570. The predicted molar refractivity (Wildman–Crippen MR) is 64.0 cm³/mol. The molecule has 1 atom stereocenters. The predicted octanol–water partition coefficient (Wildman–Crippen LogP) is 2.98. The Labute approximate surface area is 96.4 Å². The monoisotopic (exact) mass is 227 g/mol. The van der Waals surface area contributed by atoms with E-state index in [1.165, 1.54) is 0 Å². The van der Waals surface area contributed by atoms with Gasteiger partial charge in [0.05, 0.1) is 12.7 Å². The van der Waals surface area contributed by atoms with Crippen LogP contribution in [0.2, 0.25) is 5.02 Å². The molecule has 0 radical (unpaired) electrons. The third-order valence-electron chi connectivity index (χ3n) is 2.38. The largest absolute Gasteiger partial charge is 0.373 e. The molecule has 0 aliphatic heterocycles. The van der Waals surface area contributed by atoms with E-state index in [2.05, 4.69) is 6.92 Å². The minimum absolute atomic E-state index is 0.242. The molecule has 0 aromatic heterocycles. The molecular weight excluding hydrogens is 210 g/mol. The van der Waals surface area contributed by atoms with Gasteiger partial charge in [-0.15, -0.1) is 0 Å². The Morgan fingerprint density at radius 1 is 1.40 bits per heavy atom. The number of benzene rings is 1. The second kappa shape index (κ2) is 6.83. The molecule has 0 aliphatic rings. The normalized spacial score (nSPS) is 12.7. The van der Waals surface area contributed by atoms with E-state index in [1.807, 2.05) is 24.3 Å². The Balaban J connectivity index is 2.45. The van der Waals surface area contributed by atoms with Crippen molar-refractivity contribution in [2.75, 3.05) is 6.54 Å². The smallest absolute Gasteiger partial charge is 0.0735 e. The molecule has 0 saturated carbocycles. The van der Waals surface area contributed by atoms with Gasteiger partial charge in [0.25, 0.3) is 0 Å². The highest BCUT2D eigenvalue weighted by Gasteiger charge is 2.06. The van der Waals surface area contributed by atoms with E-state index in [1.54, 1.807) is 0 Å². The van der Waals surface area contributed by atoms with Gasteiger partial charge in [0, 0.05) is 5.02 Å². The maximum Gasteiger partial charge on any atom is 0.0735 e. The molecule has 0 aliphatic carbocycles. The van der Waals surface area contributed by atoms with Crippen molar-refractivity contribution in [3.63, 3.8) is 0 Å². The number of halogens is 1. The Morgan fingerprint density at radius 3 is 2.73 bits per heavy atom. The summed E-state index contributed by atoms with van der Waals surface area (Å²) in [6, 6.07) is 7.75. The van der Waals surface area contributed by atoms with E-state index in [4.69, 9.17) is 22.1 Å². The van der Waals surface area contributed by atoms with Crippen LogP contribution < -0.4 is 5.73 Å². The first-order chi connectivity index (χ1) is 7.27. The summed E-state index contributed by atoms with van der Waals surface area (Å²) < 4.78 is 5.73. The summed E-state index contributed by atoms with van der Waals surface area (Å²) in [4.78, 5) is 0. The van der Waals surface area contributed by atoms with E-state index in [-0.39, 0.29) is 6.10 Å². The van der Waals surface area contributed by atoms with Crippen molar-refractivity contribution in [2.24, 2.45) is 5.73 Å². The topological polar surface area (TPSA) is 35.2 Å². The zero-order valence-corrected chi connectivity index (χ0v) is 9.83. The average molecular weight is 228 g/mol. The second-order valence-electron chi connectivity index (χ2n) is 3.51. The molecule has 2 nitrogen and oxygen atoms in total. The molecule has 1 rings (SSSR count). The highest BCUT2D eigenvalue weighted by Crippen LogP contribution is 2.17. The Bertz CT molecular complexity index is 291. The van der Waals surface area contributed by atoms with Crippen LogP contribution in [-0.2, 0) is 11.3 Å². The van der Waals surface area contributed by atoms with Crippen LogP contribution in [0.4, 0.5) is 0 Å². The third-order valence-corrected chi connectivity index (χ3v) is 2.75. The van der Waals surface area contributed by atoms with E-state index in [0.29, 0.717) is 13.2 Å². The lowest BCUT2D eigenvalue weighted by Gasteiger charge is -2.15. The molecule has 0 bridgehead atoms. The molecule has 3 heteroatoms. The van der Waals surface area contributed by atoms with Crippen LogP contribution in [0.3, 0.4) is 0 Å². The molecule has 15 heavy (non-hydrogen) atoms. The van der Waals surface area contributed by atoms with Crippen LogP contribution >= 0.6 is 11.6 Å². The first kappa shape index (κ1) is 12.5. The highest BCUT2D eigenvalue weighted by molar-refractivity contribution is 6.31. The molecule has 0 spiro atoms. The standard InChI is InChI=1S/C12H18ClNO/c1-2-11(7-8-14)15-9-10-5-3-4-6-12(10)13/h3-6,11H,2,7-9,14H2,1H3. The molecule has 0 heterocycles. The molecular formula is C12H18ClNO. The molecule has 1 unspecified atom stereocenters. The molecule has 84 valence electrons. The van der Waals surface area contributed by atoms with Crippen LogP contribution in [0.5, 0.6) is 0 Å². The van der Waals surface area contributed by atoms with Gasteiger partial charge in [-0.05, 0) is 31.0 Å². The average Bonchev–Trinajstić information content (AvgIpc) is 2.26. The summed E-state index contributed by atoms with van der Waals surface area (Å²) in [5.41, 5.74) is 6.53. The van der Waals surface area contributed by atoms with Crippen LogP contribution in [0.25, 0.3) is 0 Å². The van der Waals surface area contributed by atoms with E-state index in [9.17, 15) is 0 Å². The van der Waals surface area contributed by atoms with Crippen molar-refractivity contribution < 1.29 is 4.74 Å². The Kier molecular flexibility index (Phi) is 5.69. The van der Waals surface area contributed by atoms with E-state index in [0.717, 1.165) is 23.4 Å². The molecule has 2 N–H and O–H groups in total. The number of nitrogens with two attached hydrogens (primary N) is 1. The number of hydrogen-bond donors (Lipinski definition) is 1. The molecule has 0 saturated heterocycles. The van der Waals surface area contributed by atoms with Gasteiger partial charge in [-0.2, -0.15) is 0 Å². The second-order valence-corrected chi connectivity index (χ2v) is 3.92. The third kappa shape index (κ3) is 4.20. The molecule has 1 aromatic carbocycles.